The lowest BCUT2D eigenvalue weighted by Crippen LogP contribution is -2.53. The van der Waals surface area contributed by atoms with E-state index in [-0.39, 0.29) is 24.5 Å². The Balaban J connectivity index is 1.46. The van der Waals surface area contributed by atoms with Crippen LogP contribution in [0.15, 0.2) is 42.9 Å². The van der Waals surface area contributed by atoms with Gasteiger partial charge in [-0.25, -0.2) is 14.4 Å². The number of aromatic nitrogens is 3. The number of carbonyl (C=O) groups is 1. The van der Waals surface area contributed by atoms with E-state index in [1.165, 1.54) is 24.7 Å². The molecule has 11 heteroatoms. The number of benzene rings is 1. The number of anilines is 2. The van der Waals surface area contributed by atoms with Gasteiger partial charge in [-0.05, 0) is 18.2 Å². The van der Waals surface area contributed by atoms with E-state index in [2.05, 4.69) is 20.3 Å². The minimum absolute atomic E-state index is 0.0547. The Hall–Kier alpha value is -3.34. The number of hydrogen-bond donors (Lipinski definition) is 2. The van der Waals surface area contributed by atoms with Gasteiger partial charge in [0.25, 0.3) is 5.91 Å². The molecular weight excluding hydrogens is 418 g/mol. The summed E-state index contributed by atoms with van der Waals surface area (Å²) >= 11 is 0. The van der Waals surface area contributed by atoms with Crippen molar-refractivity contribution in [1.82, 2.24) is 15.0 Å². The van der Waals surface area contributed by atoms with Crippen LogP contribution in [0.2, 0.25) is 0 Å². The molecule has 2 aromatic heterocycles. The predicted molar refractivity (Wildman–Crippen MR) is 104 cm³/mol. The van der Waals surface area contributed by atoms with Gasteiger partial charge in [-0.3, -0.25) is 9.78 Å². The number of carbonyl (C=O) groups excluding carboxylic acids is 1. The summed E-state index contributed by atoms with van der Waals surface area (Å²) < 4.78 is 52.6. The quantitative estimate of drug-likeness (QED) is 0.614. The summed E-state index contributed by atoms with van der Waals surface area (Å²) in [5.74, 6) is -0.888. The third-order valence-corrected chi connectivity index (χ3v) is 5.23. The highest BCUT2D eigenvalue weighted by atomic mass is 19.4. The molecule has 0 aliphatic carbocycles. The van der Waals surface area contributed by atoms with Crippen LogP contribution in [0.4, 0.5) is 29.1 Å². The van der Waals surface area contributed by atoms with Gasteiger partial charge in [-0.15, -0.1) is 0 Å². The molecule has 1 aliphatic heterocycles. The molecule has 3 aromatic rings. The van der Waals surface area contributed by atoms with Crippen molar-refractivity contribution in [2.75, 3.05) is 23.3 Å². The molecule has 1 aliphatic rings. The summed E-state index contributed by atoms with van der Waals surface area (Å²) in [7, 11) is 0. The Bertz CT molecular complexity index is 1110. The maximum Gasteiger partial charge on any atom is 0.417 e. The second-order valence-corrected chi connectivity index (χ2v) is 7.26. The van der Waals surface area contributed by atoms with E-state index in [0.29, 0.717) is 16.7 Å². The molecule has 7 nitrogen and oxygen atoms in total. The van der Waals surface area contributed by atoms with Gasteiger partial charge in [0.1, 0.15) is 17.3 Å². The minimum atomic E-state index is -4.69. The molecule has 0 saturated carbocycles. The number of hydrogen-bond acceptors (Lipinski definition) is 6. The summed E-state index contributed by atoms with van der Waals surface area (Å²) in [4.78, 5) is 26.3. The number of pyridine rings is 1. The lowest BCUT2D eigenvalue weighted by Gasteiger charge is -2.39. The number of amides is 1. The lowest BCUT2D eigenvalue weighted by atomic mass is 9.91. The number of rotatable bonds is 3. The maximum absolute atomic E-state index is 13.8. The van der Waals surface area contributed by atoms with Crippen molar-refractivity contribution in [3.63, 3.8) is 0 Å². The van der Waals surface area contributed by atoms with Crippen LogP contribution >= 0.6 is 0 Å². The van der Waals surface area contributed by atoms with Crippen LogP contribution in [0.25, 0.3) is 10.9 Å². The molecule has 0 radical (unpaired) electrons. The molecule has 2 N–H and O–H groups in total. The van der Waals surface area contributed by atoms with Gasteiger partial charge in [-0.2, -0.15) is 13.2 Å². The highest BCUT2D eigenvalue weighted by Crippen LogP contribution is 2.38. The highest BCUT2D eigenvalue weighted by molar-refractivity contribution is 6.07. The summed E-state index contributed by atoms with van der Waals surface area (Å²) in [5, 5.41) is 12.8. The van der Waals surface area contributed by atoms with Gasteiger partial charge in [-0.1, -0.05) is 6.07 Å². The largest absolute Gasteiger partial charge is 0.417 e. The molecule has 3 heterocycles. The van der Waals surface area contributed by atoms with Crippen molar-refractivity contribution in [1.29, 1.82) is 0 Å². The molecule has 1 saturated heterocycles. The second-order valence-electron chi connectivity index (χ2n) is 7.26. The number of nitrogens with one attached hydrogen (secondary N) is 1. The number of aliphatic hydroxyl groups is 1. The van der Waals surface area contributed by atoms with Gasteiger partial charge in [0.05, 0.1) is 23.6 Å². The van der Waals surface area contributed by atoms with E-state index < -0.39 is 36.3 Å². The summed E-state index contributed by atoms with van der Waals surface area (Å²) in [6.07, 6.45) is -1.69. The lowest BCUT2D eigenvalue weighted by molar-refractivity contribution is -0.266. The van der Waals surface area contributed by atoms with Crippen molar-refractivity contribution in [3.8, 4) is 0 Å². The van der Waals surface area contributed by atoms with Crippen molar-refractivity contribution < 1.29 is 27.5 Å². The summed E-state index contributed by atoms with van der Waals surface area (Å²) in [6.45, 7) is -0.117. The molecule has 1 fully saturated rings. The van der Waals surface area contributed by atoms with Gasteiger partial charge < -0.3 is 15.3 Å². The van der Waals surface area contributed by atoms with E-state index in [0.717, 1.165) is 6.07 Å². The van der Waals surface area contributed by atoms with Crippen molar-refractivity contribution >= 4 is 28.3 Å². The topological polar surface area (TPSA) is 91.2 Å². The van der Waals surface area contributed by atoms with Crippen LogP contribution in [0.5, 0.6) is 0 Å². The number of fused-ring (bicyclic) bond motifs is 1. The fraction of sp³-hybridized carbons (Fsp3) is 0.300. The summed E-state index contributed by atoms with van der Waals surface area (Å²) in [5.41, 5.74) is -2.18. The number of piperidine rings is 1. The zero-order valence-corrected chi connectivity index (χ0v) is 16.0. The van der Waals surface area contributed by atoms with Crippen molar-refractivity contribution in [2.24, 2.45) is 0 Å². The zero-order valence-electron chi connectivity index (χ0n) is 16.0. The molecular formula is C20H17F4N5O2. The number of halogens is 4. The van der Waals surface area contributed by atoms with Crippen LogP contribution in [0.1, 0.15) is 23.3 Å². The fourth-order valence-corrected chi connectivity index (χ4v) is 3.43. The third kappa shape index (κ3) is 4.13. The number of nitrogens with zero attached hydrogens (tertiary/aromatic N) is 4. The van der Waals surface area contributed by atoms with Crippen LogP contribution in [-0.4, -0.2) is 50.8 Å². The maximum atomic E-state index is 13.8. The van der Waals surface area contributed by atoms with E-state index in [1.54, 1.807) is 17.0 Å². The Labute approximate surface area is 173 Å². The van der Waals surface area contributed by atoms with Crippen molar-refractivity contribution in [2.45, 2.75) is 24.6 Å². The smallest absolute Gasteiger partial charge is 0.380 e. The van der Waals surface area contributed by atoms with Crippen LogP contribution < -0.4 is 10.2 Å². The molecule has 1 aromatic carbocycles. The van der Waals surface area contributed by atoms with Gasteiger partial charge in [0, 0.05) is 37.5 Å². The summed E-state index contributed by atoms with van der Waals surface area (Å²) in [6, 6.07) is 5.75. The fourth-order valence-electron chi connectivity index (χ4n) is 3.43. The first-order valence-electron chi connectivity index (χ1n) is 9.38. The van der Waals surface area contributed by atoms with E-state index in [1.807, 2.05) is 0 Å². The molecule has 0 bridgehead atoms. The molecule has 162 valence electrons. The first kappa shape index (κ1) is 20.9. The SMILES string of the molecule is O=C(Nc1cc(F)cc2cccnc12)c1cnc(N2CCC(O)(C(F)(F)F)CC2)cn1. The number of alkyl halides is 3. The van der Waals surface area contributed by atoms with E-state index >= 15 is 0 Å². The highest BCUT2D eigenvalue weighted by Gasteiger charge is 2.54. The first-order chi connectivity index (χ1) is 14.7. The molecule has 0 atom stereocenters. The molecule has 4 rings (SSSR count). The Morgan fingerprint density at radius 2 is 1.87 bits per heavy atom. The molecule has 0 unspecified atom stereocenters. The van der Waals surface area contributed by atoms with Gasteiger partial charge >= 0.3 is 6.18 Å². The predicted octanol–water partition coefficient (Wildman–Crippen LogP) is 3.31. The van der Waals surface area contributed by atoms with Gasteiger partial charge in [0.15, 0.2) is 5.60 Å². The van der Waals surface area contributed by atoms with Crippen LogP contribution in [0.3, 0.4) is 0 Å². The standard InChI is InChI=1S/C20H17F4N5O2/c21-13-8-12-2-1-5-25-17(12)14(9-13)28-18(30)15-10-27-16(11-26-15)29-6-3-19(31,4-7-29)20(22,23)24/h1-2,5,8-11,31H,3-4,6-7H2,(H,28,30). The average molecular weight is 435 g/mol. The molecule has 31 heavy (non-hydrogen) atoms. The molecule has 0 spiro atoms. The van der Waals surface area contributed by atoms with Crippen LogP contribution in [0, 0.1) is 5.82 Å². The van der Waals surface area contributed by atoms with E-state index in [9.17, 15) is 27.5 Å². The monoisotopic (exact) mass is 435 g/mol. The van der Waals surface area contributed by atoms with Crippen LogP contribution in [-0.2, 0) is 0 Å². The Morgan fingerprint density at radius 3 is 2.52 bits per heavy atom. The average Bonchev–Trinajstić information content (AvgIpc) is 2.73. The molecule has 1 amide bonds. The Morgan fingerprint density at radius 1 is 1.13 bits per heavy atom. The van der Waals surface area contributed by atoms with Gasteiger partial charge in [0.2, 0.25) is 0 Å². The van der Waals surface area contributed by atoms with Crippen molar-refractivity contribution in [3.05, 3.63) is 54.4 Å². The second kappa shape index (κ2) is 7.73. The minimum Gasteiger partial charge on any atom is -0.380 e. The first-order valence-corrected chi connectivity index (χ1v) is 9.38. The van der Waals surface area contributed by atoms with E-state index in [4.69, 9.17) is 0 Å². The Kier molecular flexibility index (Phi) is 5.21. The normalized spacial score (nSPS) is 16.4. The third-order valence-electron chi connectivity index (χ3n) is 5.23. The zero-order chi connectivity index (χ0) is 22.2.